The summed E-state index contributed by atoms with van der Waals surface area (Å²) in [4.78, 5) is 33.0. The van der Waals surface area contributed by atoms with E-state index in [1.165, 1.54) is 0 Å². The minimum absolute atomic E-state index is 0.00435. The van der Waals surface area contributed by atoms with Gasteiger partial charge in [0.15, 0.2) is 5.43 Å². The molecule has 0 radical (unpaired) electrons. The van der Waals surface area contributed by atoms with E-state index in [1.54, 1.807) is 24.3 Å². The fraction of sp³-hybridized carbons (Fsp3) is 0.286. The van der Waals surface area contributed by atoms with Crippen molar-refractivity contribution in [1.29, 1.82) is 0 Å². The minimum Gasteiger partial charge on any atom is -0.507 e. The monoisotopic (exact) mass is 484 g/mol. The van der Waals surface area contributed by atoms with E-state index in [-0.39, 0.29) is 46.8 Å². The number of phosphoric ester groups is 1. The molecule has 1 aromatic heterocycles. The average molecular weight is 485 g/mol. The highest BCUT2D eigenvalue weighted by atomic mass is 35.5. The van der Waals surface area contributed by atoms with Crippen LogP contribution in [0.25, 0.3) is 22.3 Å². The lowest BCUT2D eigenvalue weighted by Gasteiger charge is -2.34. The van der Waals surface area contributed by atoms with Gasteiger partial charge in [0.2, 0.25) is 0 Å². The Bertz CT molecular complexity index is 1390. The van der Waals surface area contributed by atoms with Gasteiger partial charge in [0, 0.05) is 39.8 Å². The quantitative estimate of drug-likeness (QED) is 0.411. The third kappa shape index (κ3) is 4.41. The topological polar surface area (TPSA) is 141 Å². The molecule has 0 bridgehead atoms. The SMILES string of the molecule is [2H]C([2H])([2H])N1CC[C@H](c2c(OP(=O)(O)O)cc(O)c3c(=O)cc(-c4ccccc4Cl)oc23)[C@H](O)C1. The van der Waals surface area contributed by atoms with Crippen molar-refractivity contribution in [3.8, 4) is 22.8 Å². The van der Waals surface area contributed by atoms with Gasteiger partial charge in [-0.15, -0.1) is 0 Å². The van der Waals surface area contributed by atoms with Crippen LogP contribution in [0.15, 0.2) is 45.6 Å². The molecule has 3 aromatic rings. The summed E-state index contributed by atoms with van der Waals surface area (Å²) in [5.74, 6) is -2.09. The van der Waals surface area contributed by atoms with Crippen LogP contribution in [0.2, 0.25) is 5.02 Å². The van der Waals surface area contributed by atoms with E-state index < -0.39 is 43.7 Å². The molecule has 11 heteroatoms. The summed E-state index contributed by atoms with van der Waals surface area (Å²) in [5.41, 5.74) is -0.665. The smallest absolute Gasteiger partial charge is 0.507 e. The maximum absolute atomic E-state index is 13.0. The van der Waals surface area contributed by atoms with Crippen molar-refractivity contribution in [2.24, 2.45) is 0 Å². The van der Waals surface area contributed by atoms with Crippen LogP contribution >= 0.6 is 19.4 Å². The molecule has 2 aromatic carbocycles. The largest absolute Gasteiger partial charge is 0.524 e. The molecular formula is C21H21ClNO8P. The van der Waals surface area contributed by atoms with E-state index in [1.807, 2.05) is 0 Å². The van der Waals surface area contributed by atoms with E-state index in [9.17, 15) is 29.4 Å². The minimum atomic E-state index is -5.15. The van der Waals surface area contributed by atoms with Crippen LogP contribution in [0.4, 0.5) is 0 Å². The van der Waals surface area contributed by atoms with Crippen LogP contribution in [-0.4, -0.2) is 51.1 Å². The Kier molecular flexibility index (Phi) is 5.09. The summed E-state index contributed by atoms with van der Waals surface area (Å²) >= 11 is 6.24. The van der Waals surface area contributed by atoms with Crippen molar-refractivity contribution in [3.05, 3.63) is 57.2 Å². The average Bonchev–Trinajstić information content (AvgIpc) is 2.72. The summed E-state index contributed by atoms with van der Waals surface area (Å²) in [7, 11) is -5.15. The van der Waals surface area contributed by atoms with Gasteiger partial charge in [-0.25, -0.2) is 4.57 Å². The number of piperidine rings is 1. The zero-order valence-corrected chi connectivity index (χ0v) is 18.1. The molecule has 0 unspecified atom stereocenters. The second-order valence-electron chi connectivity index (χ2n) is 7.46. The molecule has 0 aliphatic carbocycles. The molecule has 2 heterocycles. The summed E-state index contributed by atoms with van der Waals surface area (Å²) in [6.45, 7) is -2.74. The van der Waals surface area contributed by atoms with Gasteiger partial charge >= 0.3 is 7.82 Å². The van der Waals surface area contributed by atoms with Crippen molar-refractivity contribution in [1.82, 2.24) is 4.90 Å². The molecule has 170 valence electrons. The van der Waals surface area contributed by atoms with Crippen LogP contribution in [0, 0.1) is 0 Å². The predicted molar refractivity (Wildman–Crippen MR) is 118 cm³/mol. The van der Waals surface area contributed by atoms with Gasteiger partial charge in [0.05, 0.1) is 11.1 Å². The fourth-order valence-electron chi connectivity index (χ4n) is 3.93. The molecule has 9 nitrogen and oxygen atoms in total. The first-order valence-electron chi connectivity index (χ1n) is 11.0. The molecular weight excluding hydrogens is 461 g/mol. The van der Waals surface area contributed by atoms with Gasteiger partial charge in [-0.05, 0) is 32.1 Å². The third-order valence-corrected chi connectivity index (χ3v) is 6.06. The van der Waals surface area contributed by atoms with Crippen molar-refractivity contribution in [3.63, 3.8) is 0 Å². The second kappa shape index (κ2) is 8.51. The number of phenols is 1. The van der Waals surface area contributed by atoms with Crippen LogP contribution in [-0.2, 0) is 4.57 Å². The van der Waals surface area contributed by atoms with E-state index in [4.69, 9.17) is 24.7 Å². The molecule has 1 saturated heterocycles. The highest BCUT2D eigenvalue weighted by Crippen LogP contribution is 2.48. The number of fused-ring (bicyclic) bond motifs is 1. The Morgan fingerprint density at radius 1 is 1.31 bits per heavy atom. The number of β-amino-alcohol motifs (C(OH)–C–C–N with tert-alkyl or cyclic N) is 1. The summed E-state index contributed by atoms with van der Waals surface area (Å²) in [6, 6.07) is 8.47. The predicted octanol–water partition coefficient (Wildman–Crippen LogP) is 3.07. The Balaban J connectivity index is 1.98. The number of rotatable bonds is 4. The number of likely N-dealkylation sites (N-methyl/N-ethyl adjacent to an activating group) is 1. The van der Waals surface area contributed by atoms with Crippen LogP contribution < -0.4 is 9.95 Å². The van der Waals surface area contributed by atoms with Crippen LogP contribution in [0.1, 0.15) is 22.0 Å². The highest BCUT2D eigenvalue weighted by molar-refractivity contribution is 7.46. The number of aromatic hydroxyl groups is 1. The second-order valence-corrected chi connectivity index (χ2v) is 9.03. The van der Waals surface area contributed by atoms with Gasteiger partial charge in [-0.3, -0.25) is 14.6 Å². The lowest BCUT2D eigenvalue weighted by Crippen LogP contribution is -2.40. The summed E-state index contributed by atoms with van der Waals surface area (Å²) < 4.78 is 45.2. The van der Waals surface area contributed by atoms with E-state index >= 15 is 0 Å². The summed E-state index contributed by atoms with van der Waals surface area (Å²) in [5, 5.41) is 21.3. The lowest BCUT2D eigenvalue weighted by atomic mass is 9.85. The molecule has 2 atom stereocenters. The van der Waals surface area contributed by atoms with Crippen molar-refractivity contribution in [2.75, 3.05) is 20.1 Å². The molecule has 1 fully saturated rings. The number of aliphatic hydroxyl groups is 1. The number of hydrogen-bond donors (Lipinski definition) is 4. The maximum atomic E-state index is 13.0. The number of nitrogens with zero attached hydrogens (tertiary/aromatic N) is 1. The number of phenolic OH excluding ortho intramolecular Hbond substituents is 1. The molecule has 0 saturated carbocycles. The number of benzene rings is 2. The van der Waals surface area contributed by atoms with Crippen LogP contribution in [0.3, 0.4) is 0 Å². The Morgan fingerprint density at radius 3 is 2.72 bits per heavy atom. The van der Waals surface area contributed by atoms with Gasteiger partial charge in [0.1, 0.15) is 28.2 Å². The molecule has 0 spiro atoms. The van der Waals surface area contributed by atoms with Crippen molar-refractivity contribution in [2.45, 2.75) is 18.4 Å². The van der Waals surface area contributed by atoms with Crippen molar-refractivity contribution >= 4 is 30.4 Å². The normalized spacial score (nSPS) is 21.7. The first kappa shape index (κ1) is 19.1. The van der Waals surface area contributed by atoms with Gasteiger partial charge < -0.3 is 24.1 Å². The molecule has 4 N–H and O–H groups in total. The molecule has 32 heavy (non-hydrogen) atoms. The molecule has 0 amide bonds. The van der Waals surface area contributed by atoms with Gasteiger partial charge in [-0.2, -0.15) is 0 Å². The maximum Gasteiger partial charge on any atom is 0.524 e. The number of phosphoric acid groups is 1. The van der Waals surface area contributed by atoms with Crippen molar-refractivity contribution < 1.29 is 37.6 Å². The van der Waals surface area contributed by atoms with E-state index in [2.05, 4.69) is 0 Å². The Hall–Kier alpha value is -2.39. The number of hydrogen-bond acceptors (Lipinski definition) is 7. The first-order chi connectivity index (χ1) is 16.3. The number of aliphatic hydroxyl groups excluding tert-OH is 1. The van der Waals surface area contributed by atoms with E-state index in [0.717, 1.165) is 17.0 Å². The number of halogens is 1. The number of likely N-dealkylation sites (tertiary alicyclic amines) is 1. The molecule has 4 rings (SSSR count). The van der Waals surface area contributed by atoms with E-state index in [0.29, 0.717) is 5.56 Å². The lowest BCUT2D eigenvalue weighted by molar-refractivity contribution is 0.0632. The molecule has 1 aliphatic heterocycles. The Labute approximate surface area is 191 Å². The van der Waals surface area contributed by atoms with Gasteiger partial charge in [-0.1, -0.05) is 23.7 Å². The van der Waals surface area contributed by atoms with Gasteiger partial charge in [0.25, 0.3) is 0 Å². The highest BCUT2D eigenvalue weighted by Gasteiger charge is 2.35. The Morgan fingerprint density at radius 2 is 2.06 bits per heavy atom. The molecule has 1 aliphatic rings. The third-order valence-electron chi connectivity index (χ3n) is 5.29. The first-order valence-corrected chi connectivity index (χ1v) is 11.4. The zero-order chi connectivity index (χ0) is 25.7. The summed E-state index contributed by atoms with van der Waals surface area (Å²) in [6.07, 6.45) is -1.30. The standard InChI is InChI=1S/C21H21ClNO8P/c1-23-7-6-12(16(26)10-23)19-18(31-32(27,28)29)9-15(25)20-14(24)8-17(30-21(19)20)11-4-2-3-5-13(11)22/h2-5,8-9,12,16,25-26H,6-7,10H2,1H3,(H2,27,28,29)/t12-,16+/m0/s1/i1D3. The van der Waals surface area contributed by atoms with Crippen LogP contribution in [0.5, 0.6) is 11.5 Å². The fourth-order valence-corrected chi connectivity index (χ4v) is 4.56. The zero-order valence-electron chi connectivity index (χ0n) is 19.4.